The maximum atomic E-state index is 2.28. The molecule has 84 valence electrons. The third-order valence-electron chi connectivity index (χ3n) is 2.29. The van der Waals surface area contributed by atoms with Crippen LogP contribution in [0.2, 0.25) is 0 Å². The largest absolute Gasteiger partial charge is 0.0836 e. The van der Waals surface area contributed by atoms with Gasteiger partial charge in [-0.15, -0.1) is 0 Å². The van der Waals surface area contributed by atoms with Gasteiger partial charge in [-0.1, -0.05) is 74.6 Å². The van der Waals surface area contributed by atoms with Crippen LogP contribution in [0.3, 0.4) is 0 Å². The van der Waals surface area contributed by atoms with E-state index in [1.165, 1.54) is 24.0 Å². The summed E-state index contributed by atoms with van der Waals surface area (Å²) < 4.78 is 0. The topological polar surface area (TPSA) is 0 Å². The summed E-state index contributed by atoms with van der Waals surface area (Å²) in [6.07, 6.45) is 13.4. The zero-order valence-corrected chi connectivity index (χ0v) is 10.2. The molecule has 1 aromatic carbocycles. The van der Waals surface area contributed by atoms with Crippen LogP contribution in [0.4, 0.5) is 0 Å². The first-order valence-corrected chi connectivity index (χ1v) is 6.05. The van der Waals surface area contributed by atoms with E-state index < -0.39 is 0 Å². The molecule has 0 radical (unpaired) electrons. The van der Waals surface area contributed by atoms with Crippen molar-refractivity contribution in [3.8, 4) is 0 Å². The molecule has 0 nitrogen and oxygen atoms in total. The molecule has 0 saturated heterocycles. The first-order chi connectivity index (χ1) is 7.95. The van der Waals surface area contributed by atoms with E-state index in [1.54, 1.807) is 0 Å². The summed E-state index contributed by atoms with van der Waals surface area (Å²) in [6.45, 7) is 4.00. The minimum atomic E-state index is 1.17. The Balaban J connectivity index is 0.000000606. The Hall–Kier alpha value is -1.56. The van der Waals surface area contributed by atoms with Gasteiger partial charge in [0.05, 0.1) is 0 Å². The lowest BCUT2D eigenvalue weighted by Crippen LogP contribution is -1.79. The molecule has 1 aliphatic rings. The fourth-order valence-corrected chi connectivity index (χ4v) is 1.51. The summed E-state index contributed by atoms with van der Waals surface area (Å²) >= 11 is 0. The quantitative estimate of drug-likeness (QED) is 0.647. The predicted molar refractivity (Wildman–Crippen MR) is 73.3 cm³/mol. The molecular weight excluding hydrogens is 192 g/mol. The van der Waals surface area contributed by atoms with Gasteiger partial charge in [-0.3, -0.25) is 0 Å². The first kappa shape index (κ1) is 12.5. The van der Waals surface area contributed by atoms with Gasteiger partial charge in [0.25, 0.3) is 0 Å². The predicted octanol–water partition coefficient (Wildman–Crippen LogP) is 5.00. The SMILES string of the molecule is C1=CC(/C=C/c2ccccc2)=CCC1.CC. The Morgan fingerprint density at radius 1 is 0.938 bits per heavy atom. The highest BCUT2D eigenvalue weighted by molar-refractivity contribution is 5.54. The van der Waals surface area contributed by atoms with Crippen molar-refractivity contribution >= 4 is 6.08 Å². The van der Waals surface area contributed by atoms with Gasteiger partial charge in [-0.2, -0.15) is 0 Å². The monoisotopic (exact) mass is 212 g/mol. The minimum absolute atomic E-state index is 1.17. The Kier molecular flexibility index (Phi) is 6.02. The molecule has 0 bridgehead atoms. The number of rotatable bonds is 2. The molecule has 0 aromatic heterocycles. The van der Waals surface area contributed by atoms with Gasteiger partial charge < -0.3 is 0 Å². The van der Waals surface area contributed by atoms with Crippen LogP contribution in [0.25, 0.3) is 6.08 Å². The summed E-state index contributed by atoms with van der Waals surface area (Å²) in [5, 5.41) is 0. The maximum Gasteiger partial charge on any atom is -0.0256 e. The van der Waals surface area contributed by atoms with E-state index >= 15 is 0 Å². The first-order valence-electron chi connectivity index (χ1n) is 6.05. The average Bonchev–Trinajstić information content (AvgIpc) is 2.41. The summed E-state index contributed by atoms with van der Waals surface area (Å²) in [5.74, 6) is 0. The Bertz CT molecular complexity index is 366. The molecule has 0 heterocycles. The van der Waals surface area contributed by atoms with Crippen LogP contribution >= 0.6 is 0 Å². The molecule has 0 spiro atoms. The Labute approximate surface area is 99.0 Å². The molecule has 0 heteroatoms. The van der Waals surface area contributed by atoms with Crippen LogP contribution in [0, 0.1) is 0 Å². The molecule has 0 unspecified atom stereocenters. The molecule has 0 aliphatic heterocycles. The molecule has 0 saturated carbocycles. The van der Waals surface area contributed by atoms with Crippen molar-refractivity contribution in [2.24, 2.45) is 0 Å². The summed E-state index contributed by atoms with van der Waals surface area (Å²) in [4.78, 5) is 0. The summed E-state index contributed by atoms with van der Waals surface area (Å²) in [5.41, 5.74) is 2.58. The van der Waals surface area contributed by atoms with Crippen molar-refractivity contribution in [2.45, 2.75) is 26.7 Å². The Morgan fingerprint density at radius 2 is 1.69 bits per heavy atom. The van der Waals surface area contributed by atoms with Crippen LogP contribution < -0.4 is 0 Å². The third-order valence-corrected chi connectivity index (χ3v) is 2.29. The highest BCUT2D eigenvalue weighted by Crippen LogP contribution is 2.12. The number of benzene rings is 1. The highest BCUT2D eigenvalue weighted by Gasteiger charge is 1.91. The van der Waals surface area contributed by atoms with Crippen molar-refractivity contribution in [3.63, 3.8) is 0 Å². The molecular formula is C16H20. The van der Waals surface area contributed by atoms with Gasteiger partial charge in [0.15, 0.2) is 0 Å². The molecule has 1 aromatic rings. The van der Waals surface area contributed by atoms with Crippen molar-refractivity contribution in [2.75, 3.05) is 0 Å². The molecule has 0 atom stereocenters. The van der Waals surface area contributed by atoms with Crippen molar-refractivity contribution in [1.29, 1.82) is 0 Å². The lowest BCUT2D eigenvalue weighted by atomic mass is 10.1. The maximum absolute atomic E-state index is 2.28. The molecule has 2 rings (SSSR count). The van der Waals surface area contributed by atoms with Gasteiger partial charge in [0.1, 0.15) is 0 Å². The lowest BCUT2D eigenvalue weighted by molar-refractivity contribution is 1.03. The number of hydrogen-bond acceptors (Lipinski definition) is 0. The third kappa shape index (κ3) is 4.31. The van der Waals surface area contributed by atoms with Crippen LogP contribution in [-0.4, -0.2) is 0 Å². The zero-order valence-electron chi connectivity index (χ0n) is 10.2. The van der Waals surface area contributed by atoms with Crippen LogP contribution in [0.15, 0.2) is 60.2 Å². The van der Waals surface area contributed by atoms with E-state index in [4.69, 9.17) is 0 Å². The van der Waals surface area contributed by atoms with Crippen molar-refractivity contribution < 1.29 is 0 Å². The normalized spacial score (nSPS) is 14.2. The van der Waals surface area contributed by atoms with Gasteiger partial charge in [0.2, 0.25) is 0 Å². The standard InChI is InChI=1S/C14H14.C2H6/c1-3-7-13(8-4-1)11-12-14-9-5-2-6-10-14;1-2/h1,3-5,7-12H,2,6H2;1-2H3/b12-11+;. The molecule has 0 amide bonds. The fraction of sp³-hybridized carbons (Fsp3) is 0.250. The van der Waals surface area contributed by atoms with E-state index in [2.05, 4.69) is 54.6 Å². The van der Waals surface area contributed by atoms with E-state index in [0.29, 0.717) is 0 Å². The van der Waals surface area contributed by atoms with E-state index in [9.17, 15) is 0 Å². The number of hydrogen-bond donors (Lipinski definition) is 0. The molecule has 0 N–H and O–H groups in total. The van der Waals surface area contributed by atoms with E-state index in [-0.39, 0.29) is 0 Å². The van der Waals surface area contributed by atoms with Gasteiger partial charge in [-0.25, -0.2) is 0 Å². The van der Waals surface area contributed by atoms with E-state index in [1.807, 2.05) is 19.9 Å². The van der Waals surface area contributed by atoms with Crippen LogP contribution in [-0.2, 0) is 0 Å². The summed E-state index contributed by atoms with van der Waals surface area (Å²) in [7, 11) is 0. The van der Waals surface area contributed by atoms with Crippen molar-refractivity contribution in [3.05, 3.63) is 65.8 Å². The van der Waals surface area contributed by atoms with Gasteiger partial charge >= 0.3 is 0 Å². The average molecular weight is 212 g/mol. The minimum Gasteiger partial charge on any atom is -0.0836 e. The van der Waals surface area contributed by atoms with Crippen LogP contribution in [0.1, 0.15) is 32.3 Å². The number of allylic oxidation sites excluding steroid dienone is 5. The van der Waals surface area contributed by atoms with Crippen LogP contribution in [0.5, 0.6) is 0 Å². The van der Waals surface area contributed by atoms with Gasteiger partial charge in [0, 0.05) is 0 Å². The second-order valence-electron chi connectivity index (χ2n) is 3.43. The Morgan fingerprint density at radius 3 is 2.31 bits per heavy atom. The second kappa shape index (κ2) is 7.70. The second-order valence-corrected chi connectivity index (χ2v) is 3.43. The molecule has 1 aliphatic carbocycles. The lowest BCUT2D eigenvalue weighted by Gasteiger charge is -2.00. The fourth-order valence-electron chi connectivity index (χ4n) is 1.51. The smallest absolute Gasteiger partial charge is 0.0256 e. The summed E-state index contributed by atoms with van der Waals surface area (Å²) in [6, 6.07) is 10.4. The highest BCUT2D eigenvalue weighted by atomic mass is 14.0. The molecule has 16 heavy (non-hydrogen) atoms. The van der Waals surface area contributed by atoms with Gasteiger partial charge in [-0.05, 0) is 24.0 Å². The molecule has 0 fully saturated rings. The van der Waals surface area contributed by atoms with E-state index in [0.717, 1.165) is 0 Å². The zero-order chi connectivity index (χ0) is 11.6. The van der Waals surface area contributed by atoms with Crippen molar-refractivity contribution in [1.82, 2.24) is 0 Å².